The number of rotatable bonds is 3. The van der Waals surface area contributed by atoms with Gasteiger partial charge in [0.1, 0.15) is 5.82 Å². The van der Waals surface area contributed by atoms with E-state index in [0.29, 0.717) is 0 Å². The lowest BCUT2D eigenvalue weighted by Gasteiger charge is -1.94. The van der Waals surface area contributed by atoms with Crippen LogP contribution in [0.25, 0.3) is 0 Å². The molecule has 0 aliphatic heterocycles. The zero-order valence-electron chi connectivity index (χ0n) is 7.77. The Morgan fingerprint density at radius 3 is 3.07 bits per heavy atom. The standard InChI is InChI=1S/C9H10N4S/c1-10-9-12-8(13-14-9)5-7-3-2-4-11-6-7/h2-4,6H,5H2,1H3,(H,10,12,13). The minimum atomic E-state index is 0.742. The molecule has 1 N–H and O–H groups in total. The Balaban J connectivity index is 2.11. The van der Waals surface area contributed by atoms with E-state index in [4.69, 9.17) is 0 Å². The van der Waals surface area contributed by atoms with E-state index in [-0.39, 0.29) is 0 Å². The first kappa shape index (κ1) is 9.08. The maximum Gasteiger partial charge on any atom is 0.202 e. The molecule has 0 fully saturated rings. The Kier molecular flexibility index (Phi) is 2.69. The summed E-state index contributed by atoms with van der Waals surface area (Å²) in [5, 5.41) is 3.81. The van der Waals surface area contributed by atoms with Crippen LogP contribution in [0.3, 0.4) is 0 Å². The molecule has 14 heavy (non-hydrogen) atoms. The van der Waals surface area contributed by atoms with Crippen LogP contribution in [0.1, 0.15) is 11.4 Å². The fraction of sp³-hybridized carbons (Fsp3) is 0.222. The van der Waals surface area contributed by atoms with Crippen LogP contribution in [0.15, 0.2) is 24.5 Å². The van der Waals surface area contributed by atoms with Gasteiger partial charge in [0.2, 0.25) is 5.13 Å². The fourth-order valence-corrected chi connectivity index (χ4v) is 1.65. The lowest BCUT2D eigenvalue weighted by molar-refractivity contribution is 1.02. The summed E-state index contributed by atoms with van der Waals surface area (Å²) in [6.07, 6.45) is 4.34. The van der Waals surface area contributed by atoms with Crippen LogP contribution in [-0.2, 0) is 6.42 Å². The Bertz CT molecular complexity index is 398. The van der Waals surface area contributed by atoms with E-state index in [0.717, 1.165) is 22.9 Å². The predicted octanol–water partition coefficient (Wildman–Crippen LogP) is 1.57. The second kappa shape index (κ2) is 4.15. The van der Waals surface area contributed by atoms with Crippen molar-refractivity contribution >= 4 is 16.7 Å². The van der Waals surface area contributed by atoms with Gasteiger partial charge in [-0.05, 0) is 11.6 Å². The van der Waals surface area contributed by atoms with Gasteiger partial charge in [0.05, 0.1) is 0 Å². The second-order valence-corrected chi connectivity index (χ2v) is 3.56. The van der Waals surface area contributed by atoms with Gasteiger partial charge in [-0.25, -0.2) is 4.98 Å². The summed E-state index contributed by atoms with van der Waals surface area (Å²) in [7, 11) is 1.84. The van der Waals surface area contributed by atoms with Crippen molar-refractivity contribution in [2.24, 2.45) is 0 Å². The van der Waals surface area contributed by atoms with Crippen LogP contribution in [0, 0.1) is 0 Å². The predicted molar refractivity (Wildman–Crippen MR) is 56.5 cm³/mol. The third-order valence-electron chi connectivity index (χ3n) is 1.77. The third-order valence-corrected chi connectivity index (χ3v) is 2.54. The Hall–Kier alpha value is -1.49. The minimum absolute atomic E-state index is 0.742. The number of aromatic nitrogens is 3. The summed E-state index contributed by atoms with van der Waals surface area (Å²) >= 11 is 1.38. The molecule has 2 aromatic rings. The molecule has 0 atom stereocenters. The van der Waals surface area contributed by atoms with E-state index >= 15 is 0 Å². The van der Waals surface area contributed by atoms with Gasteiger partial charge in [-0.2, -0.15) is 4.37 Å². The first-order valence-corrected chi connectivity index (χ1v) is 5.05. The highest BCUT2D eigenvalue weighted by Gasteiger charge is 2.02. The summed E-state index contributed by atoms with van der Waals surface area (Å²) in [5.74, 6) is 0.840. The number of hydrogen-bond donors (Lipinski definition) is 1. The highest BCUT2D eigenvalue weighted by Crippen LogP contribution is 2.12. The average molecular weight is 206 g/mol. The van der Waals surface area contributed by atoms with Crippen molar-refractivity contribution in [3.05, 3.63) is 35.9 Å². The van der Waals surface area contributed by atoms with Crippen LogP contribution >= 0.6 is 11.5 Å². The molecule has 0 amide bonds. The van der Waals surface area contributed by atoms with Crippen molar-refractivity contribution in [3.8, 4) is 0 Å². The van der Waals surface area contributed by atoms with E-state index in [2.05, 4.69) is 19.7 Å². The van der Waals surface area contributed by atoms with E-state index in [1.165, 1.54) is 11.5 Å². The van der Waals surface area contributed by atoms with Crippen molar-refractivity contribution in [2.75, 3.05) is 12.4 Å². The number of hydrogen-bond acceptors (Lipinski definition) is 5. The summed E-state index contributed by atoms with van der Waals surface area (Å²) in [4.78, 5) is 8.33. The molecule has 0 aliphatic rings. The Morgan fingerprint density at radius 1 is 1.50 bits per heavy atom. The highest BCUT2D eigenvalue weighted by molar-refractivity contribution is 7.09. The van der Waals surface area contributed by atoms with Gasteiger partial charge in [-0.15, -0.1) is 0 Å². The highest BCUT2D eigenvalue weighted by atomic mass is 32.1. The molecular weight excluding hydrogens is 196 g/mol. The molecule has 2 aromatic heterocycles. The summed E-state index contributed by atoms with van der Waals surface area (Å²) in [6, 6.07) is 3.94. The molecule has 0 unspecified atom stereocenters. The van der Waals surface area contributed by atoms with Crippen molar-refractivity contribution < 1.29 is 0 Å². The first-order chi connectivity index (χ1) is 6.88. The molecular formula is C9H10N4S. The topological polar surface area (TPSA) is 50.7 Å². The van der Waals surface area contributed by atoms with E-state index in [9.17, 15) is 0 Å². The van der Waals surface area contributed by atoms with Crippen LogP contribution in [0.4, 0.5) is 5.13 Å². The molecule has 2 heterocycles. The lowest BCUT2D eigenvalue weighted by Crippen LogP contribution is -1.92. The summed E-state index contributed by atoms with van der Waals surface area (Å²) < 4.78 is 4.22. The van der Waals surface area contributed by atoms with Crippen molar-refractivity contribution in [3.63, 3.8) is 0 Å². The minimum Gasteiger partial charge on any atom is -0.363 e. The lowest BCUT2D eigenvalue weighted by atomic mass is 10.2. The fourth-order valence-electron chi connectivity index (χ4n) is 1.11. The van der Waals surface area contributed by atoms with Crippen LogP contribution in [0.2, 0.25) is 0 Å². The van der Waals surface area contributed by atoms with Crippen molar-refractivity contribution in [1.29, 1.82) is 0 Å². The first-order valence-electron chi connectivity index (χ1n) is 4.28. The molecule has 0 saturated heterocycles. The van der Waals surface area contributed by atoms with Crippen LogP contribution < -0.4 is 5.32 Å². The molecule has 0 aliphatic carbocycles. The zero-order chi connectivity index (χ0) is 9.80. The monoisotopic (exact) mass is 206 g/mol. The summed E-state index contributed by atoms with van der Waals surface area (Å²) in [6.45, 7) is 0. The smallest absolute Gasteiger partial charge is 0.202 e. The van der Waals surface area contributed by atoms with Crippen molar-refractivity contribution in [2.45, 2.75) is 6.42 Å². The third kappa shape index (κ3) is 2.05. The van der Waals surface area contributed by atoms with E-state index in [1.54, 1.807) is 6.20 Å². The van der Waals surface area contributed by atoms with Gasteiger partial charge in [0.25, 0.3) is 0 Å². The molecule has 0 aromatic carbocycles. The molecule has 72 valence electrons. The van der Waals surface area contributed by atoms with Crippen LogP contribution in [-0.4, -0.2) is 21.4 Å². The molecule has 5 heteroatoms. The maximum absolute atomic E-state index is 4.29. The number of anilines is 1. The molecule has 0 spiro atoms. The maximum atomic E-state index is 4.29. The van der Waals surface area contributed by atoms with E-state index < -0.39 is 0 Å². The normalized spacial score (nSPS) is 10.1. The molecule has 0 saturated carbocycles. The number of nitrogens with one attached hydrogen (secondary N) is 1. The molecule has 4 nitrogen and oxygen atoms in total. The Labute approximate surface area is 86.2 Å². The Morgan fingerprint density at radius 2 is 2.43 bits per heavy atom. The molecule has 2 rings (SSSR count). The average Bonchev–Trinajstić information content (AvgIpc) is 2.67. The second-order valence-electron chi connectivity index (χ2n) is 2.80. The van der Waals surface area contributed by atoms with Gasteiger partial charge in [0, 0.05) is 37.4 Å². The summed E-state index contributed by atoms with van der Waals surface area (Å²) in [5.41, 5.74) is 1.13. The number of pyridine rings is 1. The van der Waals surface area contributed by atoms with Crippen molar-refractivity contribution in [1.82, 2.24) is 14.3 Å². The number of nitrogens with zero attached hydrogens (tertiary/aromatic N) is 3. The van der Waals surface area contributed by atoms with Crippen LogP contribution in [0.5, 0.6) is 0 Å². The van der Waals surface area contributed by atoms with Gasteiger partial charge in [-0.1, -0.05) is 6.07 Å². The van der Waals surface area contributed by atoms with Gasteiger partial charge >= 0.3 is 0 Å². The van der Waals surface area contributed by atoms with Gasteiger partial charge in [-0.3, -0.25) is 4.98 Å². The quantitative estimate of drug-likeness (QED) is 0.828. The largest absolute Gasteiger partial charge is 0.363 e. The van der Waals surface area contributed by atoms with E-state index in [1.807, 2.05) is 25.4 Å². The van der Waals surface area contributed by atoms with Gasteiger partial charge < -0.3 is 5.32 Å². The van der Waals surface area contributed by atoms with Gasteiger partial charge in [0.15, 0.2) is 0 Å². The molecule has 0 radical (unpaired) electrons. The SMILES string of the molecule is CNc1nc(Cc2cccnc2)ns1. The molecule has 0 bridgehead atoms. The zero-order valence-corrected chi connectivity index (χ0v) is 8.58.